The highest BCUT2D eigenvalue weighted by molar-refractivity contribution is 5.55. The quantitative estimate of drug-likeness (QED) is 0.203. The number of benzene rings is 2. The fourth-order valence-electron chi connectivity index (χ4n) is 3.78. The van der Waals surface area contributed by atoms with E-state index in [0.29, 0.717) is 46.5 Å². The van der Waals surface area contributed by atoms with Crippen molar-refractivity contribution in [2.24, 2.45) is 0 Å². The summed E-state index contributed by atoms with van der Waals surface area (Å²) in [6, 6.07) is 32.8. The van der Waals surface area contributed by atoms with Crippen molar-refractivity contribution in [2.75, 3.05) is 0 Å². The summed E-state index contributed by atoms with van der Waals surface area (Å²) in [6.45, 7) is 1.92. The molecule has 0 atom stereocenters. The van der Waals surface area contributed by atoms with Crippen molar-refractivity contribution in [1.82, 2.24) is 25.1 Å². The van der Waals surface area contributed by atoms with Crippen LogP contribution in [-0.2, 0) is 0 Å². The molecule has 6 aromatic rings. The number of nitrogens with one attached hydrogen (secondary N) is 1. The minimum absolute atomic E-state index is 0.366. The van der Waals surface area contributed by atoms with Gasteiger partial charge in [-0.15, -0.1) is 0 Å². The Hall–Kier alpha value is -5.70. The van der Waals surface area contributed by atoms with Gasteiger partial charge >= 0.3 is 0 Å². The number of hydrogen-bond acceptors (Lipinski definition) is 8. The van der Waals surface area contributed by atoms with Crippen molar-refractivity contribution < 1.29 is 18.9 Å². The van der Waals surface area contributed by atoms with Crippen LogP contribution in [0.1, 0.15) is 5.69 Å². The van der Waals surface area contributed by atoms with Crippen molar-refractivity contribution in [1.29, 1.82) is 0 Å². The van der Waals surface area contributed by atoms with E-state index in [4.69, 9.17) is 18.9 Å². The number of aryl methyl sites for hydroxylation is 1. The average molecular weight is 530 g/mol. The van der Waals surface area contributed by atoms with Crippen molar-refractivity contribution in [3.05, 3.63) is 121 Å². The predicted octanol–water partition coefficient (Wildman–Crippen LogP) is 7.74. The molecule has 0 saturated heterocycles. The number of aromatic amines is 1. The Labute approximate surface area is 230 Å². The third kappa shape index (κ3) is 6.22. The lowest BCUT2D eigenvalue weighted by molar-refractivity contribution is 0.418. The van der Waals surface area contributed by atoms with E-state index in [9.17, 15) is 0 Å². The monoisotopic (exact) mass is 529 g/mol. The third-order valence-corrected chi connectivity index (χ3v) is 5.54. The zero-order chi connectivity index (χ0) is 27.1. The van der Waals surface area contributed by atoms with Crippen LogP contribution in [-0.4, -0.2) is 25.1 Å². The summed E-state index contributed by atoms with van der Waals surface area (Å²) in [5, 5.41) is 7.13. The maximum atomic E-state index is 6.00. The molecular formula is C31H23N5O4. The van der Waals surface area contributed by atoms with Gasteiger partial charge in [0, 0.05) is 42.6 Å². The Morgan fingerprint density at radius 2 is 1.05 bits per heavy atom. The second kappa shape index (κ2) is 11.4. The normalized spacial score (nSPS) is 10.6. The van der Waals surface area contributed by atoms with Crippen LogP contribution < -0.4 is 18.9 Å². The van der Waals surface area contributed by atoms with Gasteiger partial charge in [-0.2, -0.15) is 10.1 Å². The van der Waals surface area contributed by atoms with Crippen LogP contribution in [0, 0.1) is 6.92 Å². The minimum Gasteiger partial charge on any atom is -0.439 e. The molecule has 196 valence electrons. The van der Waals surface area contributed by atoms with Crippen LogP contribution in [0.5, 0.6) is 46.5 Å². The number of ether oxygens (including phenoxy) is 4. The number of rotatable bonds is 9. The Bertz CT molecular complexity index is 1740. The molecule has 1 N–H and O–H groups in total. The minimum atomic E-state index is 0.366. The molecule has 0 aliphatic heterocycles. The number of hydrogen-bond donors (Lipinski definition) is 1. The summed E-state index contributed by atoms with van der Waals surface area (Å²) in [4.78, 5) is 13.2. The van der Waals surface area contributed by atoms with Gasteiger partial charge in [0.05, 0.1) is 17.1 Å². The number of aromatic nitrogens is 5. The van der Waals surface area contributed by atoms with Crippen molar-refractivity contribution in [3.8, 4) is 57.9 Å². The zero-order valence-corrected chi connectivity index (χ0v) is 21.4. The highest BCUT2D eigenvalue weighted by Crippen LogP contribution is 2.31. The van der Waals surface area contributed by atoms with E-state index < -0.39 is 0 Å². The van der Waals surface area contributed by atoms with Crippen LogP contribution >= 0.6 is 0 Å². The topological polar surface area (TPSA) is 104 Å². The van der Waals surface area contributed by atoms with Gasteiger partial charge in [-0.05, 0) is 49.4 Å². The summed E-state index contributed by atoms with van der Waals surface area (Å²) in [7, 11) is 0. The molecule has 2 aromatic carbocycles. The largest absolute Gasteiger partial charge is 0.439 e. The molecule has 0 aliphatic rings. The van der Waals surface area contributed by atoms with Gasteiger partial charge in [0.15, 0.2) is 0 Å². The molecule has 4 aromatic heterocycles. The second-order valence-electron chi connectivity index (χ2n) is 8.62. The summed E-state index contributed by atoms with van der Waals surface area (Å²) in [5.74, 6) is 3.96. The molecule has 40 heavy (non-hydrogen) atoms. The van der Waals surface area contributed by atoms with Gasteiger partial charge in [-0.1, -0.05) is 30.3 Å². The van der Waals surface area contributed by atoms with E-state index in [-0.39, 0.29) is 0 Å². The molecule has 9 heteroatoms. The first-order valence-electron chi connectivity index (χ1n) is 12.5. The van der Waals surface area contributed by atoms with Gasteiger partial charge in [0.25, 0.3) is 0 Å². The standard InChI is InChI=1S/C31H23N5O4/c1-21-18-27(36-35-21)26-12-6-14-29(33-26)38-23-9-5-11-25(20-23)40-31-16-7-15-30(34-31)39-24-10-4-8-22(19-24)37-28-13-2-3-17-32-28/h2-20H,1H3,(H,35,36). The van der Waals surface area contributed by atoms with Crippen LogP contribution in [0.3, 0.4) is 0 Å². The number of H-pyrrole nitrogens is 1. The fourth-order valence-corrected chi connectivity index (χ4v) is 3.78. The SMILES string of the molecule is Cc1cc(-c2cccc(Oc3cccc(Oc4cccc(Oc5cccc(Oc6ccccn6)c5)n4)c3)n2)[nH]n1. The average Bonchev–Trinajstić information content (AvgIpc) is 3.41. The van der Waals surface area contributed by atoms with Crippen molar-refractivity contribution >= 4 is 0 Å². The molecule has 0 spiro atoms. The van der Waals surface area contributed by atoms with Crippen LogP contribution in [0.15, 0.2) is 115 Å². The molecular weight excluding hydrogens is 506 g/mol. The fraction of sp³-hybridized carbons (Fsp3) is 0.0323. The Morgan fingerprint density at radius 3 is 1.60 bits per heavy atom. The lowest BCUT2D eigenvalue weighted by atomic mass is 10.2. The smallest absolute Gasteiger partial charge is 0.222 e. The first-order valence-corrected chi connectivity index (χ1v) is 12.5. The van der Waals surface area contributed by atoms with E-state index in [2.05, 4.69) is 25.1 Å². The van der Waals surface area contributed by atoms with Gasteiger partial charge < -0.3 is 18.9 Å². The predicted molar refractivity (Wildman–Crippen MR) is 148 cm³/mol. The maximum Gasteiger partial charge on any atom is 0.222 e. The molecule has 0 saturated carbocycles. The lowest BCUT2D eigenvalue weighted by Crippen LogP contribution is -1.93. The third-order valence-electron chi connectivity index (χ3n) is 5.54. The second-order valence-corrected chi connectivity index (χ2v) is 8.62. The summed E-state index contributed by atoms with van der Waals surface area (Å²) in [6.07, 6.45) is 1.67. The van der Waals surface area contributed by atoms with E-state index in [1.807, 2.05) is 73.7 Å². The van der Waals surface area contributed by atoms with E-state index in [0.717, 1.165) is 17.1 Å². The summed E-state index contributed by atoms with van der Waals surface area (Å²) < 4.78 is 23.7. The van der Waals surface area contributed by atoms with Crippen LogP contribution in [0.25, 0.3) is 11.4 Å². The van der Waals surface area contributed by atoms with Gasteiger partial charge in [-0.3, -0.25) is 5.10 Å². The number of nitrogens with zero attached hydrogens (tertiary/aromatic N) is 4. The Kier molecular flexibility index (Phi) is 6.99. The van der Waals surface area contributed by atoms with E-state index in [1.54, 1.807) is 48.7 Å². The summed E-state index contributed by atoms with van der Waals surface area (Å²) >= 11 is 0. The number of pyridine rings is 3. The van der Waals surface area contributed by atoms with E-state index >= 15 is 0 Å². The first kappa shape index (κ1) is 24.6. The molecule has 0 aliphatic carbocycles. The van der Waals surface area contributed by atoms with Crippen molar-refractivity contribution in [2.45, 2.75) is 6.92 Å². The van der Waals surface area contributed by atoms with Gasteiger partial charge in [0.2, 0.25) is 23.5 Å². The van der Waals surface area contributed by atoms with Crippen LogP contribution in [0.2, 0.25) is 0 Å². The Morgan fingerprint density at radius 1 is 0.525 bits per heavy atom. The first-order chi connectivity index (χ1) is 19.7. The van der Waals surface area contributed by atoms with Crippen molar-refractivity contribution in [3.63, 3.8) is 0 Å². The molecule has 0 amide bonds. The summed E-state index contributed by atoms with van der Waals surface area (Å²) in [5.41, 5.74) is 2.44. The van der Waals surface area contributed by atoms with Gasteiger partial charge in [-0.25, -0.2) is 9.97 Å². The lowest BCUT2D eigenvalue weighted by Gasteiger charge is -2.10. The molecule has 6 rings (SSSR count). The van der Waals surface area contributed by atoms with Crippen LogP contribution in [0.4, 0.5) is 0 Å². The molecule has 0 fully saturated rings. The molecule has 9 nitrogen and oxygen atoms in total. The molecule has 0 radical (unpaired) electrons. The highest BCUT2D eigenvalue weighted by atomic mass is 16.5. The van der Waals surface area contributed by atoms with E-state index in [1.165, 1.54) is 0 Å². The zero-order valence-electron chi connectivity index (χ0n) is 21.4. The molecule has 0 bridgehead atoms. The molecule has 0 unspecified atom stereocenters. The Balaban J connectivity index is 1.13. The highest BCUT2D eigenvalue weighted by Gasteiger charge is 2.09. The molecule has 4 heterocycles. The maximum absolute atomic E-state index is 6.00. The van der Waals surface area contributed by atoms with Gasteiger partial charge in [0.1, 0.15) is 23.0 Å².